The fourth-order valence-corrected chi connectivity index (χ4v) is 3.99. The van der Waals surface area contributed by atoms with Crippen molar-refractivity contribution in [1.29, 1.82) is 0 Å². The normalized spacial score (nSPS) is 11.4. The molecule has 1 aromatic carbocycles. The number of sulfone groups is 1. The maximum atomic E-state index is 12.2. The third-order valence-corrected chi connectivity index (χ3v) is 5.79. The lowest BCUT2D eigenvalue weighted by atomic mass is 10.2. The number of hydrogen-bond acceptors (Lipinski definition) is 6. The number of benzene rings is 1. The van der Waals surface area contributed by atoms with E-state index in [1.54, 1.807) is 24.3 Å². The van der Waals surface area contributed by atoms with Crippen LogP contribution in [0, 0.1) is 6.92 Å². The molecule has 0 bridgehead atoms. The van der Waals surface area contributed by atoms with E-state index in [-0.39, 0.29) is 23.0 Å². The van der Waals surface area contributed by atoms with Gasteiger partial charge in [-0.2, -0.15) is 0 Å². The Balaban J connectivity index is 1.91. The molecule has 0 aliphatic heterocycles. The summed E-state index contributed by atoms with van der Waals surface area (Å²) in [7, 11) is -3.46. The highest BCUT2D eigenvalue weighted by atomic mass is 32.2. The number of carbonyl (C=O) groups excluding carboxylic acids is 1. The van der Waals surface area contributed by atoms with Crippen LogP contribution in [-0.2, 0) is 21.1 Å². The molecule has 8 heteroatoms. The molecule has 124 valence electrons. The average Bonchev–Trinajstić information content (AvgIpc) is 2.93. The van der Waals surface area contributed by atoms with Crippen LogP contribution in [0.2, 0.25) is 0 Å². The Morgan fingerprint density at radius 2 is 1.91 bits per heavy atom. The van der Waals surface area contributed by atoms with Gasteiger partial charge in [0.15, 0.2) is 9.84 Å². The second-order valence-corrected chi connectivity index (χ2v) is 8.35. The van der Waals surface area contributed by atoms with Crippen LogP contribution in [0.3, 0.4) is 0 Å². The van der Waals surface area contributed by atoms with Gasteiger partial charge >= 0.3 is 0 Å². The Hall–Kier alpha value is -1.80. The van der Waals surface area contributed by atoms with Crippen molar-refractivity contribution in [1.82, 2.24) is 10.2 Å². The SMILES string of the molecule is CCCc1nnc(NC(=O)CCS(=O)(=O)c2ccc(C)cc2)s1. The summed E-state index contributed by atoms with van der Waals surface area (Å²) in [4.78, 5) is 12.1. The van der Waals surface area contributed by atoms with Gasteiger partial charge in [0.25, 0.3) is 0 Å². The van der Waals surface area contributed by atoms with E-state index in [1.807, 2.05) is 13.8 Å². The highest BCUT2D eigenvalue weighted by molar-refractivity contribution is 7.91. The summed E-state index contributed by atoms with van der Waals surface area (Å²) in [6.45, 7) is 3.92. The third kappa shape index (κ3) is 5.11. The Morgan fingerprint density at radius 1 is 1.22 bits per heavy atom. The van der Waals surface area contributed by atoms with Gasteiger partial charge in [-0.05, 0) is 25.5 Å². The number of aryl methyl sites for hydroxylation is 2. The number of rotatable bonds is 7. The minimum absolute atomic E-state index is 0.112. The van der Waals surface area contributed by atoms with Gasteiger partial charge in [0.05, 0.1) is 10.6 Å². The molecular weight excluding hydrogens is 334 g/mol. The maximum Gasteiger partial charge on any atom is 0.227 e. The van der Waals surface area contributed by atoms with Crippen LogP contribution < -0.4 is 5.32 Å². The summed E-state index contributed by atoms with van der Waals surface area (Å²) in [5, 5.41) is 11.7. The van der Waals surface area contributed by atoms with Gasteiger partial charge in [0.2, 0.25) is 11.0 Å². The number of nitrogens with zero attached hydrogens (tertiary/aromatic N) is 2. The lowest BCUT2D eigenvalue weighted by Gasteiger charge is -2.05. The molecule has 0 saturated heterocycles. The zero-order chi connectivity index (χ0) is 16.9. The van der Waals surface area contributed by atoms with E-state index in [0.29, 0.717) is 5.13 Å². The van der Waals surface area contributed by atoms with E-state index >= 15 is 0 Å². The lowest BCUT2D eigenvalue weighted by Crippen LogP contribution is -2.17. The molecule has 0 fully saturated rings. The van der Waals surface area contributed by atoms with E-state index in [0.717, 1.165) is 23.4 Å². The lowest BCUT2D eigenvalue weighted by molar-refractivity contribution is -0.115. The van der Waals surface area contributed by atoms with Crippen molar-refractivity contribution in [2.45, 2.75) is 38.0 Å². The molecule has 0 aliphatic carbocycles. The molecule has 6 nitrogen and oxygen atoms in total. The third-order valence-electron chi connectivity index (χ3n) is 3.16. The Kier molecular flexibility index (Phi) is 5.84. The number of carbonyl (C=O) groups is 1. The van der Waals surface area contributed by atoms with Gasteiger partial charge in [0.1, 0.15) is 5.01 Å². The Morgan fingerprint density at radius 3 is 2.57 bits per heavy atom. The van der Waals surface area contributed by atoms with Crippen molar-refractivity contribution in [3.8, 4) is 0 Å². The maximum absolute atomic E-state index is 12.2. The molecule has 0 saturated carbocycles. The number of aromatic nitrogens is 2. The molecule has 2 rings (SSSR count). The topological polar surface area (TPSA) is 89.0 Å². The van der Waals surface area contributed by atoms with Crippen LogP contribution in [0.1, 0.15) is 30.3 Å². The van der Waals surface area contributed by atoms with Crippen LogP contribution in [0.5, 0.6) is 0 Å². The minimum atomic E-state index is -3.46. The van der Waals surface area contributed by atoms with Gasteiger partial charge in [0, 0.05) is 12.8 Å². The van der Waals surface area contributed by atoms with Gasteiger partial charge in [-0.15, -0.1) is 10.2 Å². The van der Waals surface area contributed by atoms with Crippen molar-refractivity contribution >= 4 is 32.2 Å². The number of hydrogen-bond donors (Lipinski definition) is 1. The molecule has 0 spiro atoms. The van der Waals surface area contributed by atoms with Crippen molar-refractivity contribution in [2.75, 3.05) is 11.1 Å². The first kappa shape index (κ1) is 17.6. The standard InChI is InChI=1S/C15H19N3O3S2/c1-3-4-14-17-18-15(22-14)16-13(19)9-10-23(20,21)12-7-5-11(2)6-8-12/h5-8H,3-4,9-10H2,1-2H3,(H,16,18,19). The zero-order valence-electron chi connectivity index (χ0n) is 13.1. The fraction of sp³-hybridized carbons (Fsp3) is 0.400. The van der Waals surface area contributed by atoms with Crippen molar-refractivity contribution in [3.63, 3.8) is 0 Å². The summed E-state index contributed by atoms with van der Waals surface area (Å²) in [6, 6.07) is 6.60. The predicted molar refractivity (Wildman–Crippen MR) is 90.4 cm³/mol. The van der Waals surface area contributed by atoms with E-state index in [4.69, 9.17) is 0 Å². The molecule has 0 atom stereocenters. The van der Waals surface area contributed by atoms with E-state index < -0.39 is 9.84 Å². The molecule has 0 unspecified atom stereocenters. The molecule has 1 amide bonds. The highest BCUT2D eigenvalue weighted by Crippen LogP contribution is 2.17. The number of amides is 1. The molecule has 1 heterocycles. The van der Waals surface area contributed by atoms with Crippen LogP contribution in [0.15, 0.2) is 29.2 Å². The molecule has 0 radical (unpaired) electrons. The van der Waals surface area contributed by atoms with E-state index in [2.05, 4.69) is 15.5 Å². The van der Waals surface area contributed by atoms with Crippen molar-refractivity contribution in [3.05, 3.63) is 34.8 Å². The van der Waals surface area contributed by atoms with E-state index in [1.165, 1.54) is 11.3 Å². The van der Waals surface area contributed by atoms with Crippen LogP contribution in [-0.4, -0.2) is 30.3 Å². The summed E-state index contributed by atoms with van der Waals surface area (Å²) in [5.74, 6) is -0.609. The van der Waals surface area contributed by atoms with Gasteiger partial charge < -0.3 is 5.32 Å². The molecule has 0 aliphatic rings. The van der Waals surface area contributed by atoms with Crippen molar-refractivity contribution < 1.29 is 13.2 Å². The smallest absolute Gasteiger partial charge is 0.227 e. The molecule has 23 heavy (non-hydrogen) atoms. The van der Waals surface area contributed by atoms with Crippen LogP contribution in [0.25, 0.3) is 0 Å². The van der Waals surface area contributed by atoms with Gasteiger partial charge in [-0.3, -0.25) is 4.79 Å². The quantitative estimate of drug-likeness (QED) is 0.826. The summed E-state index contributed by atoms with van der Waals surface area (Å²) in [6.07, 6.45) is 1.66. The van der Waals surface area contributed by atoms with Crippen molar-refractivity contribution in [2.24, 2.45) is 0 Å². The molecule has 2 aromatic rings. The molecular formula is C15H19N3O3S2. The molecule has 1 N–H and O–H groups in total. The summed E-state index contributed by atoms with van der Waals surface area (Å²) < 4.78 is 24.4. The largest absolute Gasteiger partial charge is 0.301 e. The first-order valence-electron chi connectivity index (χ1n) is 7.32. The van der Waals surface area contributed by atoms with Gasteiger partial charge in [-0.1, -0.05) is 36.0 Å². The van der Waals surface area contributed by atoms with Gasteiger partial charge in [-0.25, -0.2) is 8.42 Å². The Labute approximate surface area is 139 Å². The predicted octanol–water partition coefficient (Wildman–Crippen LogP) is 2.60. The number of nitrogens with one attached hydrogen (secondary N) is 1. The fourth-order valence-electron chi connectivity index (χ4n) is 1.89. The minimum Gasteiger partial charge on any atom is -0.301 e. The zero-order valence-corrected chi connectivity index (χ0v) is 14.7. The summed E-state index contributed by atoms with van der Waals surface area (Å²) >= 11 is 1.31. The second-order valence-electron chi connectivity index (χ2n) is 5.18. The van der Waals surface area contributed by atoms with E-state index in [9.17, 15) is 13.2 Å². The number of anilines is 1. The highest BCUT2D eigenvalue weighted by Gasteiger charge is 2.17. The Bertz CT molecular complexity index is 768. The van der Waals surface area contributed by atoms with Crippen LogP contribution in [0.4, 0.5) is 5.13 Å². The van der Waals surface area contributed by atoms with Crippen LogP contribution >= 0.6 is 11.3 Å². The average molecular weight is 353 g/mol. The first-order valence-corrected chi connectivity index (χ1v) is 9.79. The summed E-state index contributed by atoms with van der Waals surface area (Å²) in [5.41, 5.74) is 0.987. The molecule has 1 aromatic heterocycles. The second kappa shape index (κ2) is 7.65. The first-order chi connectivity index (χ1) is 10.9. The monoisotopic (exact) mass is 353 g/mol.